The van der Waals surface area contributed by atoms with Gasteiger partial charge in [0.25, 0.3) is 0 Å². The van der Waals surface area contributed by atoms with Crippen molar-refractivity contribution in [3.8, 4) is 17.0 Å². The van der Waals surface area contributed by atoms with Crippen LogP contribution in [0.4, 0.5) is 0 Å². The number of ether oxygens (including phenoxy) is 1. The second-order valence-electron chi connectivity index (χ2n) is 5.14. The molecular weight excluding hydrogens is 262 g/mol. The van der Waals surface area contributed by atoms with Crippen LogP contribution in [0.2, 0.25) is 0 Å². The predicted molar refractivity (Wildman–Crippen MR) is 84.8 cm³/mol. The van der Waals surface area contributed by atoms with Crippen molar-refractivity contribution in [3.05, 3.63) is 53.6 Å². The van der Waals surface area contributed by atoms with Crippen molar-refractivity contribution in [3.63, 3.8) is 0 Å². The lowest BCUT2D eigenvalue weighted by molar-refractivity contribution is -0.107. The van der Waals surface area contributed by atoms with E-state index in [4.69, 9.17) is 4.74 Å². The Labute approximate surface area is 123 Å². The van der Waals surface area contributed by atoms with Crippen LogP contribution < -0.4 is 4.74 Å². The molecule has 21 heavy (non-hydrogen) atoms. The first-order chi connectivity index (χ1) is 10.2. The molecule has 0 saturated carbocycles. The largest absolute Gasteiger partial charge is 0.496 e. The van der Waals surface area contributed by atoms with Gasteiger partial charge in [-0.2, -0.15) is 0 Å². The average molecular weight is 279 g/mol. The van der Waals surface area contributed by atoms with E-state index in [0.29, 0.717) is 6.42 Å². The molecule has 106 valence electrons. The molecule has 1 aromatic heterocycles. The van der Waals surface area contributed by atoms with Crippen LogP contribution in [0.1, 0.15) is 11.1 Å². The summed E-state index contributed by atoms with van der Waals surface area (Å²) in [4.78, 5) is 14.2. The van der Waals surface area contributed by atoms with E-state index in [2.05, 4.69) is 36.2 Å². The summed E-state index contributed by atoms with van der Waals surface area (Å²) in [6, 6.07) is 14.3. The number of para-hydroxylation sites is 1. The Hall–Kier alpha value is -2.55. The minimum absolute atomic E-state index is 0.357. The SMILES string of the molecule is COc1c(CC=O)cccc1-c1cc2cc(C)ccc2[nH]1. The van der Waals surface area contributed by atoms with Crippen molar-refractivity contribution in [2.45, 2.75) is 13.3 Å². The molecule has 0 unspecified atom stereocenters. The van der Waals surface area contributed by atoms with E-state index in [1.165, 1.54) is 10.9 Å². The zero-order valence-corrected chi connectivity index (χ0v) is 12.1. The molecule has 0 spiro atoms. The molecule has 0 amide bonds. The Balaban J connectivity index is 2.17. The number of methoxy groups -OCH3 is 1. The van der Waals surface area contributed by atoms with Crippen molar-refractivity contribution in [2.75, 3.05) is 7.11 Å². The summed E-state index contributed by atoms with van der Waals surface area (Å²) in [6.45, 7) is 2.08. The number of H-pyrrole nitrogens is 1. The molecule has 0 atom stereocenters. The smallest absolute Gasteiger partial charge is 0.131 e. The van der Waals surface area contributed by atoms with Crippen LogP contribution in [0.3, 0.4) is 0 Å². The lowest BCUT2D eigenvalue weighted by Gasteiger charge is -2.11. The molecular formula is C18H17NO2. The number of benzene rings is 2. The highest BCUT2D eigenvalue weighted by Gasteiger charge is 2.12. The van der Waals surface area contributed by atoms with Gasteiger partial charge in [-0.3, -0.25) is 0 Å². The highest BCUT2D eigenvalue weighted by Crippen LogP contribution is 2.34. The lowest BCUT2D eigenvalue weighted by atomic mass is 10.0. The van der Waals surface area contributed by atoms with Crippen molar-refractivity contribution in [2.24, 2.45) is 0 Å². The van der Waals surface area contributed by atoms with Crippen LogP contribution >= 0.6 is 0 Å². The summed E-state index contributed by atoms with van der Waals surface area (Å²) < 4.78 is 5.52. The van der Waals surface area contributed by atoms with Crippen LogP contribution in [-0.2, 0) is 11.2 Å². The highest BCUT2D eigenvalue weighted by molar-refractivity contribution is 5.88. The van der Waals surface area contributed by atoms with Crippen LogP contribution in [0.5, 0.6) is 5.75 Å². The van der Waals surface area contributed by atoms with E-state index in [-0.39, 0.29) is 0 Å². The third-order valence-corrected chi connectivity index (χ3v) is 3.67. The monoisotopic (exact) mass is 279 g/mol. The second-order valence-corrected chi connectivity index (χ2v) is 5.14. The average Bonchev–Trinajstić information content (AvgIpc) is 2.90. The zero-order valence-electron chi connectivity index (χ0n) is 12.1. The Morgan fingerprint density at radius 2 is 2.05 bits per heavy atom. The van der Waals surface area contributed by atoms with Crippen LogP contribution in [0.15, 0.2) is 42.5 Å². The number of nitrogens with one attached hydrogen (secondary N) is 1. The Morgan fingerprint density at radius 3 is 2.81 bits per heavy atom. The maximum absolute atomic E-state index is 10.8. The van der Waals surface area contributed by atoms with Gasteiger partial charge in [-0.1, -0.05) is 23.8 Å². The number of aromatic nitrogens is 1. The summed E-state index contributed by atoms with van der Waals surface area (Å²) in [5.74, 6) is 0.757. The van der Waals surface area contributed by atoms with Gasteiger partial charge in [0.1, 0.15) is 12.0 Å². The summed E-state index contributed by atoms with van der Waals surface area (Å²) in [5.41, 5.74) is 5.21. The fraction of sp³-hybridized carbons (Fsp3) is 0.167. The number of aldehydes is 1. The van der Waals surface area contributed by atoms with E-state index >= 15 is 0 Å². The van der Waals surface area contributed by atoms with Crippen molar-refractivity contribution in [1.29, 1.82) is 0 Å². The van der Waals surface area contributed by atoms with Crippen LogP contribution in [0.25, 0.3) is 22.2 Å². The normalized spacial score (nSPS) is 10.8. The number of rotatable bonds is 4. The molecule has 1 N–H and O–H groups in total. The molecule has 0 radical (unpaired) electrons. The molecule has 3 nitrogen and oxygen atoms in total. The maximum atomic E-state index is 10.8. The summed E-state index contributed by atoms with van der Waals surface area (Å²) in [6.07, 6.45) is 1.26. The summed E-state index contributed by atoms with van der Waals surface area (Å²) >= 11 is 0. The molecule has 2 aromatic carbocycles. The van der Waals surface area contributed by atoms with Crippen LogP contribution in [-0.4, -0.2) is 18.4 Å². The maximum Gasteiger partial charge on any atom is 0.131 e. The summed E-state index contributed by atoms with van der Waals surface area (Å²) in [7, 11) is 1.64. The molecule has 1 heterocycles. The third kappa shape index (κ3) is 2.42. The van der Waals surface area contributed by atoms with Gasteiger partial charge < -0.3 is 14.5 Å². The van der Waals surface area contributed by atoms with Crippen molar-refractivity contribution >= 4 is 17.2 Å². The van der Waals surface area contributed by atoms with Crippen molar-refractivity contribution in [1.82, 2.24) is 4.98 Å². The standard InChI is InChI=1S/C18H17NO2/c1-12-6-7-16-14(10-12)11-17(19-16)15-5-3-4-13(8-9-20)18(15)21-2/h3-7,9-11,19H,8H2,1-2H3. The van der Waals surface area contributed by atoms with Gasteiger partial charge in [0.15, 0.2) is 0 Å². The first-order valence-electron chi connectivity index (χ1n) is 6.92. The van der Waals surface area contributed by atoms with E-state index in [1.54, 1.807) is 7.11 Å². The summed E-state index contributed by atoms with van der Waals surface area (Å²) in [5, 5.41) is 1.17. The van der Waals surface area contributed by atoms with Gasteiger partial charge in [0, 0.05) is 28.5 Å². The Morgan fingerprint density at radius 1 is 1.19 bits per heavy atom. The molecule has 0 aliphatic carbocycles. The number of carbonyl (C=O) groups excluding carboxylic acids is 1. The molecule has 0 bridgehead atoms. The molecule has 3 heteroatoms. The predicted octanol–water partition coefficient (Wildman–Crippen LogP) is 3.89. The van der Waals surface area contributed by atoms with Gasteiger partial charge in [0.2, 0.25) is 0 Å². The number of aryl methyl sites for hydroxylation is 1. The van der Waals surface area contributed by atoms with Gasteiger partial charge in [-0.05, 0) is 31.2 Å². The molecule has 0 saturated heterocycles. The minimum Gasteiger partial charge on any atom is -0.496 e. The minimum atomic E-state index is 0.357. The lowest BCUT2D eigenvalue weighted by Crippen LogP contribution is -1.95. The first kappa shape index (κ1) is 13.4. The van der Waals surface area contributed by atoms with Gasteiger partial charge in [0.05, 0.1) is 12.8 Å². The Kier molecular flexibility index (Phi) is 3.48. The van der Waals surface area contributed by atoms with Gasteiger partial charge in [-0.25, -0.2) is 0 Å². The highest BCUT2D eigenvalue weighted by atomic mass is 16.5. The molecule has 0 aliphatic rings. The number of hydrogen-bond acceptors (Lipinski definition) is 2. The van der Waals surface area contributed by atoms with E-state index in [0.717, 1.165) is 34.4 Å². The Bertz CT molecular complexity index is 802. The number of hydrogen-bond donors (Lipinski definition) is 1. The van der Waals surface area contributed by atoms with E-state index in [9.17, 15) is 4.79 Å². The molecule has 3 rings (SSSR count). The topological polar surface area (TPSA) is 42.1 Å². The van der Waals surface area contributed by atoms with Gasteiger partial charge >= 0.3 is 0 Å². The second kappa shape index (κ2) is 5.44. The molecule has 0 fully saturated rings. The van der Waals surface area contributed by atoms with Crippen LogP contribution in [0, 0.1) is 6.92 Å². The zero-order chi connectivity index (χ0) is 14.8. The molecule has 0 aliphatic heterocycles. The number of aromatic amines is 1. The van der Waals surface area contributed by atoms with E-state index in [1.807, 2.05) is 18.2 Å². The van der Waals surface area contributed by atoms with E-state index < -0.39 is 0 Å². The third-order valence-electron chi connectivity index (χ3n) is 3.67. The number of carbonyl (C=O) groups is 1. The fourth-order valence-electron chi connectivity index (χ4n) is 2.69. The first-order valence-corrected chi connectivity index (χ1v) is 6.92. The van der Waals surface area contributed by atoms with Crippen molar-refractivity contribution < 1.29 is 9.53 Å². The molecule has 3 aromatic rings. The number of fused-ring (bicyclic) bond motifs is 1. The quantitative estimate of drug-likeness (QED) is 0.736. The van der Waals surface area contributed by atoms with Gasteiger partial charge in [-0.15, -0.1) is 0 Å². The fourth-order valence-corrected chi connectivity index (χ4v) is 2.69.